The van der Waals surface area contributed by atoms with E-state index >= 15 is 0 Å². The summed E-state index contributed by atoms with van der Waals surface area (Å²) in [6.45, 7) is 2.27. The first-order chi connectivity index (χ1) is 15.6. The molecule has 3 nitrogen and oxygen atoms in total. The van der Waals surface area contributed by atoms with Crippen molar-refractivity contribution in [2.24, 2.45) is 0 Å². The van der Waals surface area contributed by atoms with Gasteiger partial charge < -0.3 is 5.11 Å². The molecular formula is C29H42O3. The van der Waals surface area contributed by atoms with E-state index in [0.717, 1.165) is 18.2 Å². The van der Waals surface area contributed by atoms with Crippen LogP contribution in [0.15, 0.2) is 36.4 Å². The van der Waals surface area contributed by atoms with Crippen LogP contribution in [0.4, 0.5) is 0 Å². The number of ketones is 1. The van der Waals surface area contributed by atoms with Crippen LogP contribution in [0.25, 0.3) is 10.8 Å². The number of carboxylic acid groups (broad SMARTS) is 1. The van der Waals surface area contributed by atoms with Crippen molar-refractivity contribution in [2.75, 3.05) is 0 Å². The summed E-state index contributed by atoms with van der Waals surface area (Å²) in [6, 6.07) is 10.7. The second-order valence-corrected chi connectivity index (χ2v) is 9.17. The van der Waals surface area contributed by atoms with Crippen molar-refractivity contribution in [2.45, 2.75) is 110 Å². The molecule has 0 fully saturated rings. The average Bonchev–Trinajstić information content (AvgIpc) is 2.80. The van der Waals surface area contributed by atoms with Crippen LogP contribution in [0.2, 0.25) is 0 Å². The first kappa shape index (κ1) is 26.1. The maximum Gasteiger partial charge on any atom is 0.336 e. The van der Waals surface area contributed by atoms with Crippen molar-refractivity contribution in [3.63, 3.8) is 0 Å². The number of hydrogen-bond acceptors (Lipinski definition) is 2. The van der Waals surface area contributed by atoms with Crippen molar-refractivity contribution >= 4 is 22.5 Å². The molecule has 0 aliphatic heterocycles. The molecule has 1 N–H and O–H groups in total. The van der Waals surface area contributed by atoms with Crippen LogP contribution in [-0.4, -0.2) is 16.9 Å². The number of fused-ring (bicyclic) bond motifs is 1. The quantitative estimate of drug-likeness (QED) is 0.187. The SMILES string of the molecule is CCCCCCCCCCCCCCCCCC(=O)c1cc(C(=O)O)c2ccccc2c1. The van der Waals surface area contributed by atoms with E-state index < -0.39 is 5.97 Å². The predicted octanol–water partition coefficient (Wildman–Crippen LogP) is 8.98. The standard InChI is InChI=1S/C29H42O3/c1-2-3-4-5-6-7-8-9-10-11-12-13-14-15-16-21-28(30)25-22-24-19-17-18-20-26(24)27(23-25)29(31)32/h17-20,22-23H,2-16,21H2,1H3,(H,31,32). The number of Topliss-reactive ketones (excluding diaryl/α,β-unsaturated/α-hetero) is 1. The van der Waals surface area contributed by atoms with E-state index in [-0.39, 0.29) is 11.3 Å². The summed E-state index contributed by atoms with van der Waals surface area (Å²) in [7, 11) is 0. The fraction of sp³-hybridized carbons (Fsp3) is 0.586. The molecular weight excluding hydrogens is 396 g/mol. The molecule has 32 heavy (non-hydrogen) atoms. The minimum atomic E-state index is -0.983. The Morgan fingerprint density at radius 2 is 1.19 bits per heavy atom. The van der Waals surface area contributed by atoms with E-state index in [1.165, 1.54) is 89.5 Å². The number of rotatable bonds is 18. The van der Waals surface area contributed by atoms with Gasteiger partial charge in [0.1, 0.15) is 0 Å². The first-order valence-electron chi connectivity index (χ1n) is 12.9. The molecule has 0 atom stereocenters. The lowest BCUT2D eigenvalue weighted by Gasteiger charge is -2.07. The van der Waals surface area contributed by atoms with Gasteiger partial charge in [0.15, 0.2) is 5.78 Å². The molecule has 0 unspecified atom stereocenters. The summed E-state index contributed by atoms with van der Waals surface area (Å²) in [5, 5.41) is 11.0. The smallest absolute Gasteiger partial charge is 0.336 e. The molecule has 0 amide bonds. The van der Waals surface area contributed by atoms with Gasteiger partial charge in [-0.3, -0.25) is 4.79 Å². The summed E-state index contributed by atoms with van der Waals surface area (Å²) >= 11 is 0. The molecule has 0 saturated heterocycles. The van der Waals surface area contributed by atoms with Crippen LogP contribution in [-0.2, 0) is 0 Å². The van der Waals surface area contributed by atoms with Crippen LogP contribution >= 0.6 is 0 Å². The maximum atomic E-state index is 12.6. The van der Waals surface area contributed by atoms with Crippen molar-refractivity contribution in [1.29, 1.82) is 0 Å². The van der Waals surface area contributed by atoms with E-state index in [1.54, 1.807) is 6.07 Å². The Labute approximate surface area is 194 Å². The van der Waals surface area contributed by atoms with Crippen LogP contribution < -0.4 is 0 Å². The number of carbonyl (C=O) groups excluding carboxylic acids is 1. The van der Waals surface area contributed by atoms with Crippen LogP contribution in [0.5, 0.6) is 0 Å². The summed E-state index contributed by atoms with van der Waals surface area (Å²) < 4.78 is 0. The summed E-state index contributed by atoms with van der Waals surface area (Å²) in [4.78, 5) is 24.2. The van der Waals surface area contributed by atoms with Gasteiger partial charge in [0, 0.05) is 12.0 Å². The molecule has 3 heteroatoms. The van der Waals surface area contributed by atoms with Gasteiger partial charge in [-0.2, -0.15) is 0 Å². The molecule has 176 valence electrons. The molecule has 2 rings (SSSR count). The lowest BCUT2D eigenvalue weighted by atomic mass is 9.96. The fourth-order valence-corrected chi connectivity index (χ4v) is 4.45. The topological polar surface area (TPSA) is 54.4 Å². The normalized spacial score (nSPS) is 11.2. The molecule has 0 spiro atoms. The Hall–Kier alpha value is -2.16. The monoisotopic (exact) mass is 438 g/mol. The Kier molecular flexibility index (Phi) is 12.7. The predicted molar refractivity (Wildman–Crippen MR) is 135 cm³/mol. The average molecular weight is 439 g/mol. The summed E-state index contributed by atoms with van der Waals surface area (Å²) in [5.41, 5.74) is 0.731. The zero-order valence-electron chi connectivity index (χ0n) is 20.0. The molecule has 0 aliphatic carbocycles. The second-order valence-electron chi connectivity index (χ2n) is 9.17. The molecule has 2 aromatic rings. The Morgan fingerprint density at radius 3 is 1.72 bits per heavy atom. The molecule has 2 aromatic carbocycles. The first-order valence-corrected chi connectivity index (χ1v) is 12.9. The highest BCUT2D eigenvalue weighted by Crippen LogP contribution is 2.23. The van der Waals surface area contributed by atoms with Gasteiger partial charge in [-0.1, -0.05) is 121 Å². The maximum absolute atomic E-state index is 12.6. The lowest BCUT2D eigenvalue weighted by Crippen LogP contribution is -2.04. The molecule has 0 bridgehead atoms. The molecule has 0 heterocycles. The number of benzene rings is 2. The van der Waals surface area contributed by atoms with Gasteiger partial charge >= 0.3 is 5.97 Å². The van der Waals surface area contributed by atoms with Crippen molar-refractivity contribution in [1.82, 2.24) is 0 Å². The lowest BCUT2D eigenvalue weighted by molar-refractivity contribution is 0.0699. The Morgan fingerprint density at radius 1 is 0.688 bits per heavy atom. The summed E-state index contributed by atoms with van der Waals surface area (Å²) in [5.74, 6) is -0.934. The number of carbonyl (C=O) groups is 2. The highest BCUT2D eigenvalue weighted by Gasteiger charge is 2.14. The van der Waals surface area contributed by atoms with Gasteiger partial charge in [-0.15, -0.1) is 0 Å². The number of unbranched alkanes of at least 4 members (excludes halogenated alkanes) is 14. The Bertz CT molecular complexity index is 824. The molecule has 0 aromatic heterocycles. The van der Waals surface area contributed by atoms with Gasteiger partial charge in [-0.05, 0) is 29.3 Å². The molecule has 0 saturated carbocycles. The minimum absolute atomic E-state index is 0.0490. The Balaban J connectivity index is 1.54. The van der Waals surface area contributed by atoms with E-state index in [9.17, 15) is 14.7 Å². The summed E-state index contributed by atoms with van der Waals surface area (Å²) in [6.07, 6.45) is 20.0. The highest BCUT2D eigenvalue weighted by molar-refractivity contribution is 6.08. The van der Waals surface area contributed by atoms with E-state index in [1.807, 2.05) is 24.3 Å². The molecule has 0 aliphatic rings. The largest absolute Gasteiger partial charge is 0.478 e. The zero-order valence-corrected chi connectivity index (χ0v) is 20.0. The number of aromatic carboxylic acids is 1. The highest BCUT2D eigenvalue weighted by atomic mass is 16.4. The zero-order chi connectivity index (χ0) is 23.0. The van der Waals surface area contributed by atoms with Gasteiger partial charge in [0.25, 0.3) is 0 Å². The van der Waals surface area contributed by atoms with E-state index in [2.05, 4.69) is 6.92 Å². The van der Waals surface area contributed by atoms with Crippen molar-refractivity contribution in [3.8, 4) is 0 Å². The van der Waals surface area contributed by atoms with Crippen molar-refractivity contribution < 1.29 is 14.7 Å². The third-order valence-electron chi connectivity index (χ3n) is 6.42. The second kappa shape index (κ2) is 15.6. The van der Waals surface area contributed by atoms with Gasteiger partial charge in [-0.25, -0.2) is 4.79 Å². The van der Waals surface area contributed by atoms with Crippen LogP contribution in [0, 0.1) is 0 Å². The third kappa shape index (κ3) is 9.54. The van der Waals surface area contributed by atoms with E-state index in [4.69, 9.17) is 0 Å². The van der Waals surface area contributed by atoms with Crippen LogP contribution in [0.1, 0.15) is 130 Å². The van der Waals surface area contributed by atoms with Gasteiger partial charge in [0.05, 0.1) is 5.56 Å². The van der Waals surface area contributed by atoms with Crippen molar-refractivity contribution in [3.05, 3.63) is 47.5 Å². The fourth-order valence-electron chi connectivity index (χ4n) is 4.45. The number of hydrogen-bond donors (Lipinski definition) is 1. The van der Waals surface area contributed by atoms with Gasteiger partial charge in [0.2, 0.25) is 0 Å². The van der Waals surface area contributed by atoms with Crippen LogP contribution in [0.3, 0.4) is 0 Å². The number of carboxylic acids is 1. The molecule has 0 radical (unpaired) electrons. The third-order valence-corrected chi connectivity index (χ3v) is 6.42. The van der Waals surface area contributed by atoms with E-state index in [0.29, 0.717) is 17.4 Å². The minimum Gasteiger partial charge on any atom is -0.478 e.